The second-order valence-electron chi connectivity index (χ2n) is 4.54. The van der Waals surface area contributed by atoms with E-state index in [9.17, 15) is 14.4 Å². The van der Waals surface area contributed by atoms with Crippen LogP contribution < -0.4 is 10.6 Å². The van der Waals surface area contributed by atoms with Gasteiger partial charge in [0.15, 0.2) is 0 Å². The lowest BCUT2D eigenvalue weighted by Crippen LogP contribution is -2.46. The summed E-state index contributed by atoms with van der Waals surface area (Å²) >= 11 is 0. The van der Waals surface area contributed by atoms with Crippen molar-refractivity contribution in [3.8, 4) is 0 Å². The predicted molar refractivity (Wildman–Crippen MR) is 66.4 cm³/mol. The summed E-state index contributed by atoms with van der Waals surface area (Å²) in [6.45, 7) is 1.52. The molecule has 1 aliphatic heterocycles. The van der Waals surface area contributed by atoms with Crippen molar-refractivity contribution in [2.45, 2.75) is 31.7 Å². The highest BCUT2D eigenvalue weighted by Gasteiger charge is 2.26. The zero-order chi connectivity index (χ0) is 14.3. The van der Waals surface area contributed by atoms with E-state index >= 15 is 0 Å². The van der Waals surface area contributed by atoms with Crippen LogP contribution in [0.2, 0.25) is 0 Å². The number of carboxylic acid groups (broad SMARTS) is 1. The van der Waals surface area contributed by atoms with Gasteiger partial charge in [-0.25, -0.2) is 4.79 Å². The molecule has 1 aliphatic rings. The molecule has 7 nitrogen and oxygen atoms in total. The maximum atomic E-state index is 11.9. The highest BCUT2D eigenvalue weighted by molar-refractivity contribution is 5.85. The van der Waals surface area contributed by atoms with Crippen LogP contribution in [0.5, 0.6) is 0 Å². The molecule has 1 fully saturated rings. The van der Waals surface area contributed by atoms with E-state index < -0.39 is 18.0 Å². The van der Waals surface area contributed by atoms with E-state index in [1.165, 1.54) is 7.11 Å². The Morgan fingerprint density at radius 1 is 1.37 bits per heavy atom. The van der Waals surface area contributed by atoms with Gasteiger partial charge < -0.3 is 20.5 Å². The number of esters is 1. The van der Waals surface area contributed by atoms with Gasteiger partial charge >= 0.3 is 11.9 Å². The average Bonchev–Trinajstić information content (AvgIpc) is 2.43. The molecule has 0 saturated carbocycles. The standard InChI is InChI=1S/C12H20N2O5/c1-19-10(15)3-2-9(12(17)18)14-11(16)8-4-6-13-7-5-8/h8-9,13H,2-7H2,1H3,(H,14,16)(H,17,18)/t9-/m1/s1. The summed E-state index contributed by atoms with van der Waals surface area (Å²) < 4.78 is 4.45. The summed E-state index contributed by atoms with van der Waals surface area (Å²) in [6.07, 6.45) is 1.42. The molecule has 7 heteroatoms. The number of hydrogen-bond donors (Lipinski definition) is 3. The molecule has 0 aromatic carbocycles. The molecular weight excluding hydrogens is 252 g/mol. The molecule has 0 radical (unpaired) electrons. The predicted octanol–water partition coefficient (Wildman–Crippen LogP) is -0.491. The Morgan fingerprint density at radius 3 is 2.53 bits per heavy atom. The van der Waals surface area contributed by atoms with Crippen molar-refractivity contribution in [1.82, 2.24) is 10.6 Å². The number of amides is 1. The van der Waals surface area contributed by atoms with Gasteiger partial charge in [0.1, 0.15) is 6.04 Å². The second-order valence-corrected chi connectivity index (χ2v) is 4.54. The molecule has 0 bridgehead atoms. The summed E-state index contributed by atoms with van der Waals surface area (Å²) in [4.78, 5) is 33.9. The third-order valence-corrected chi connectivity index (χ3v) is 3.19. The maximum Gasteiger partial charge on any atom is 0.326 e. The number of carboxylic acids is 1. The molecule has 1 heterocycles. The molecule has 3 N–H and O–H groups in total. The van der Waals surface area contributed by atoms with Crippen LogP contribution in [-0.4, -0.2) is 49.2 Å². The van der Waals surface area contributed by atoms with Gasteiger partial charge in [0.2, 0.25) is 5.91 Å². The van der Waals surface area contributed by atoms with Crippen molar-refractivity contribution in [1.29, 1.82) is 0 Å². The minimum absolute atomic E-state index is 0.0278. The zero-order valence-corrected chi connectivity index (χ0v) is 11.0. The van der Waals surface area contributed by atoms with Gasteiger partial charge in [0, 0.05) is 12.3 Å². The Kier molecular flexibility index (Phi) is 6.27. The van der Waals surface area contributed by atoms with Gasteiger partial charge in [0.25, 0.3) is 0 Å². The van der Waals surface area contributed by atoms with Crippen molar-refractivity contribution in [2.24, 2.45) is 5.92 Å². The number of ether oxygens (including phenoxy) is 1. The number of aliphatic carboxylic acids is 1. The van der Waals surface area contributed by atoms with Gasteiger partial charge in [-0.1, -0.05) is 0 Å². The third-order valence-electron chi connectivity index (χ3n) is 3.19. The summed E-state index contributed by atoms with van der Waals surface area (Å²) in [5, 5.41) is 14.7. The van der Waals surface area contributed by atoms with Crippen molar-refractivity contribution in [3.63, 3.8) is 0 Å². The topological polar surface area (TPSA) is 105 Å². The fraction of sp³-hybridized carbons (Fsp3) is 0.750. The summed E-state index contributed by atoms with van der Waals surface area (Å²) in [5.74, 6) is -2.02. The van der Waals surface area contributed by atoms with Crippen LogP contribution in [0.4, 0.5) is 0 Å². The molecule has 0 aromatic heterocycles. The van der Waals surface area contributed by atoms with Crippen LogP contribution in [0.3, 0.4) is 0 Å². The molecule has 19 heavy (non-hydrogen) atoms. The third kappa shape index (κ3) is 5.25. The quantitative estimate of drug-likeness (QED) is 0.563. The highest BCUT2D eigenvalue weighted by atomic mass is 16.5. The Labute approximate surface area is 111 Å². The van der Waals surface area contributed by atoms with Gasteiger partial charge in [-0.05, 0) is 32.4 Å². The first-order valence-corrected chi connectivity index (χ1v) is 6.35. The Hall–Kier alpha value is -1.63. The summed E-state index contributed by atoms with van der Waals surface area (Å²) in [6, 6.07) is -1.04. The average molecular weight is 272 g/mol. The van der Waals surface area contributed by atoms with Gasteiger partial charge in [-0.2, -0.15) is 0 Å². The lowest BCUT2D eigenvalue weighted by atomic mass is 9.96. The van der Waals surface area contributed by atoms with Crippen molar-refractivity contribution < 1.29 is 24.2 Å². The smallest absolute Gasteiger partial charge is 0.326 e. The minimum Gasteiger partial charge on any atom is -0.480 e. The molecule has 0 unspecified atom stereocenters. The van der Waals surface area contributed by atoms with Gasteiger partial charge in [0.05, 0.1) is 7.11 Å². The zero-order valence-electron chi connectivity index (χ0n) is 11.0. The van der Waals surface area contributed by atoms with E-state index in [-0.39, 0.29) is 24.7 Å². The Bertz CT molecular complexity index is 339. The summed E-state index contributed by atoms with van der Waals surface area (Å²) in [7, 11) is 1.24. The first kappa shape index (κ1) is 15.4. The minimum atomic E-state index is -1.13. The van der Waals surface area contributed by atoms with Gasteiger partial charge in [-0.15, -0.1) is 0 Å². The molecule has 108 valence electrons. The fourth-order valence-electron chi connectivity index (χ4n) is 2.00. The van der Waals surface area contributed by atoms with E-state index in [0.29, 0.717) is 12.8 Å². The largest absolute Gasteiger partial charge is 0.480 e. The maximum absolute atomic E-state index is 11.9. The fourth-order valence-corrected chi connectivity index (χ4v) is 2.00. The van der Waals surface area contributed by atoms with Crippen LogP contribution in [0, 0.1) is 5.92 Å². The molecule has 1 rings (SSSR count). The SMILES string of the molecule is COC(=O)CC[C@@H](NC(=O)C1CCNCC1)C(=O)O. The molecule has 1 amide bonds. The molecule has 1 saturated heterocycles. The van der Waals surface area contributed by atoms with E-state index in [4.69, 9.17) is 5.11 Å². The number of carbonyl (C=O) groups excluding carboxylic acids is 2. The number of hydrogen-bond acceptors (Lipinski definition) is 5. The Balaban J connectivity index is 2.45. The van der Waals surface area contributed by atoms with Crippen LogP contribution in [0.25, 0.3) is 0 Å². The van der Waals surface area contributed by atoms with Crippen LogP contribution >= 0.6 is 0 Å². The van der Waals surface area contributed by atoms with E-state index in [1.54, 1.807) is 0 Å². The Morgan fingerprint density at radius 2 is 2.00 bits per heavy atom. The van der Waals surface area contributed by atoms with Gasteiger partial charge in [-0.3, -0.25) is 9.59 Å². The summed E-state index contributed by atoms with van der Waals surface area (Å²) in [5.41, 5.74) is 0. The van der Waals surface area contributed by atoms with Crippen LogP contribution in [-0.2, 0) is 19.1 Å². The molecular formula is C12H20N2O5. The van der Waals surface area contributed by atoms with Crippen molar-refractivity contribution in [2.75, 3.05) is 20.2 Å². The van der Waals surface area contributed by atoms with Crippen LogP contribution in [0.15, 0.2) is 0 Å². The number of carbonyl (C=O) groups is 3. The number of methoxy groups -OCH3 is 1. The first-order valence-electron chi connectivity index (χ1n) is 6.35. The second kappa shape index (κ2) is 7.73. The first-order chi connectivity index (χ1) is 9.04. The number of piperidine rings is 1. The molecule has 0 aromatic rings. The normalized spacial score (nSPS) is 17.5. The lowest BCUT2D eigenvalue weighted by molar-refractivity contribution is -0.144. The van der Waals surface area contributed by atoms with Crippen LogP contribution in [0.1, 0.15) is 25.7 Å². The molecule has 0 aliphatic carbocycles. The molecule has 1 atom stereocenters. The monoisotopic (exact) mass is 272 g/mol. The van der Waals surface area contributed by atoms with Crippen molar-refractivity contribution in [3.05, 3.63) is 0 Å². The highest BCUT2D eigenvalue weighted by Crippen LogP contribution is 2.12. The van der Waals surface area contributed by atoms with Crippen molar-refractivity contribution >= 4 is 17.8 Å². The number of nitrogens with one attached hydrogen (secondary N) is 2. The number of rotatable bonds is 6. The van der Waals surface area contributed by atoms with E-state index in [0.717, 1.165) is 13.1 Å². The van der Waals surface area contributed by atoms with E-state index in [1.807, 2.05) is 0 Å². The lowest BCUT2D eigenvalue weighted by Gasteiger charge is -2.23. The van der Waals surface area contributed by atoms with E-state index in [2.05, 4.69) is 15.4 Å². The molecule has 0 spiro atoms.